The molecule has 1 saturated carbocycles. The predicted octanol–water partition coefficient (Wildman–Crippen LogP) is 3.31. The molecule has 0 heterocycles. The summed E-state index contributed by atoms with van der Waals surface area (Å²) in [5.41, 5.74) is 1.11. The summed E-state index contributed by atoms with van der Waals surface area (Å²) < 4.78 is 10.7. The van der Waals surface area contributed by atoms with Gasteiger partial charge < -0.3 is 14.8 Å². The molecule has 1 unspecified atom stereocenters. The summed E-state index contributed by atoms with van der Waals surface area (Å²) in [4.78, 5) is 11.7. The van der Waals surface area contributed by atoms with Gasteiger partial charge in [-0.2, -0.15) is 0 Å². The summed E-state index contributed by atoms with van der Waals surface area (Å²) in [7, 11) is 0. The van der Waals surface area contributed by atoms with E-state index in [2.05, 4.69) is 5.32 Å². The van der Waals surface area contributed by atoms with Crippen molar-refractivity contribution in [2.24, 2.45) is 0 Å². The first-order valence-electron chi connectivity index (χ1n) is 7.49. The molecule has 0 radical (unpaired) electrons. The van der Waals surface area contributed by atoms with E-state index in [1.165, 1.54) is 12.8 Å². The second-order valence-corrected chi connectivity index (χ2v) is 5.59. The van der Waals surface area contributed by atoms with Crippen molar-refractivity contribution >= 4 is 17.6 Å². The predicted molar refractivity (Wildman–Crippen MR) is 82.7 cm³/mol. The van der Waals surface area contributed by atoms with E-state index in [1.807, 2.05) is 25.1 Å². The van der Waals surface area contributed by atoms with E-state index in [1.54, 1.807) is 6.92 Å². The molecule has 0 aromatic heterocycles. The molecule has 1 aromatic rings. The third-order valence-corrected chi connectivity index (χ3v) is 3.65. The molecule has 21 heavy (non-hydrogen) atoms. The average molecular weight is 312 g/mol. The minimum atomic E-state index is -0.613. The molecule has 0 amide bonds. The number of nitrogens with one attached hydrogen (secondary N) is 1. The molecular weight excluding hydrogens is 290 g/mol. The van der Waals surface area contributed by atoms with Crippen molar-refractivity contribution < 1.29 is 14.3 Å². The first-order chi connectivity index (χ1) is 10.1. The second-order valence-electron chi connectivity index (χ2n) is 5.19. The molecule has 0 spiro atoms. The number of hydrogen-bond acceptors (Lipinski definition) is 4. The van der Waals surface area contributed by atoms with Gasteiger partial charge in [-0.15, -0.1) is 0 Å². The Morgan fingerprint density at radius 1 is 1.43 bits per heavy atom. The van der Waals surface area contributed by atoms with Crippen LogP contribution in [0.1, 0.15) is 38.7 Å². The van der Waals surface area contributed by atoms with Crippen molar-refractivity contribution in [2.45, 2.75) is 51.8 Å². The Kier molecular flexibility index (Phi) is 5.88. The molecule has 116 valence electrons. The van der Waals surface area contributed by atoms with Crippen molar-refractivity contribution in [1.82, 2.24) is 5.32 Å². The number of carbonyl (C=O) groups excluding carboxylic acids is 1. The number of halogens is 1. The quantitative estimate of drug-likeness (QED) is 0.748. The smallest absolute Gasteiger partial charge is 0.347 e. The first kappa shape index (κ1) is 16.1. The van der Waals surface area contributed by atoms with E-state index in [4.69, 9.17) is 21.1 Å². The van der Waals surface area contributed by atoms with E-state index >= 15 is 0 Å². The van der Waals surface area contributed by atoms with E-state index in [-0.39, 0.29) is 5.97 Å². The zero-order valence-electron chi connectivity index (χ0n) is 12.5. The summed E-state index contributed by atoms with van der Waals surface area (Å²) in [5, 5.41) is 3.95. The molecule has 1 atom stereocenters. The standard InChI is InChI=1S/C16H22ClNO3/c1-3-14(16(19)20-4-2)21-15-8-5-11(9-13(15)17)10-18-12-6-7-12/h5,8-9,12,14,18H,3-4,6-7,10H2,1-2H3. The van der Waals surface area contributed by atoms with Crippen molar-refractivity contribution in [3.63, 3.8) is 0 Å². The molecular formula is C16H22ClNO3. The zero-order valence-corrected chi connectivity index (χ0v) is 13.3. The van der Waals surface area contributed by atoms with Crippen LogP contribution in [-0.2, 0) is 16.1 Å². The van der Waals surface area contributed by atoms with Crippen LogP contribution >= 0.6 is 11.6 Å². The molecule has 2 rings (SSSR count). The van der Waals surface area contributed by atoms with Crippen LogP contribution in [0.3, 0.4) is 0 Å². The Balaban J connectivity index is 1.96. The van der Waals surface area contributed by atoms with Crippen LogP contribution in [-0.4, -0.2) is 24.7 Å². The van der Waals surface area contributed by atoms with Crippen LogP contribution in [0, 0.1) is 0 Å². The Morgan fingerprint density at radius 2 is 2.19 bits per heavy atom. The van der Waals surface area contributed by atoms with Gasteiger partial charge >= 0.3 is 5.97 Å². The molecule has 1 aliphatic carbocycles. The number of ether oxygens (including phenoxy) is 2. The summed E-state index contributed by atoms with van der Waals surface area (Å²) in [5.74, 6) is 0.169. The highest BCUT2D eigenvalue weighted by molar-refractivity contribution is 6.32. The highest BCUT2D eigenvalue weighted by atomic mass is 35.5. The molecule has 1 aliphatic rings. The first-order valence-corrected chi connectivity index (χ1v) is 7.87. The van der Waals surface area contributed by atoms with Gasteiger partial charge in [-0.25, -0.2) is 4.79 Å². The molecule has 0 bridgehead atoms. The van der Waals surface area contributed by atoms with E-state index in [9.17, 15) is 4.79 Å². The van der Waals surface area contributed by atoms with Crippen LogP contribution < -0.4 is 10.1 Å². The lowest BCUT2D eigenvalue weighted by Crippen LogP contribution is -2.28. The van der Waals surface area contributed by atoms with Gasteiger partial charge in [-0.05, 0) is 43.9 Å². The number of esters is 1. The van der Waals surface area contributed by atoms with Gasteiger partial charge in [0.2, 0.25) is 0 Å². The van der Waals surface area contributed by atoms with Gasteiger partial charge in [-0.3, -0.25) is 0 Å². The number of benzene rings is 1. The van der Waals surface area contributed by atoms with Crippen LogP contribution in [0.5, 0.6) is 5.75 Å². The molecule has 5 heteroatoms. The molecule has 4 nitrogen and oxygen atoms in total. The van der Waals surface area contributed by atoms with Crippen LogP contribution in [0.15, 0.2) is 18.2 Å². The SMILES string of the molecule is CCOC(=O)C(CC)Oc1ccc(CNC2CC2)cc1Cl. The third kappa shape index (κ3) is 4.90. The van der Waals surface area contributed by atoms with Gasteiger partial charge in [0.25, 0.3) is 0 Å². The minimum absolute atomic E-state index is 0.345. The largest absolute Gasteiger partial charge is 0.477 e. The second kappa shape index (κ2) is 7.66. The highest BCUT2D eigenvalue weighted by Gasteiger charge is 2.22. The lowest BCUT2D eigenvalue weighted by Gasteiger charge is -2.17. The molecule has 1 N–H and O–H groups in total. The maximum absolute atomic E-state index is 11.7. The van der Waals surface area contributed by atoms with E-state index < -0.39 is 6.10 Å². The zero-order chi connectivity index (χ0) is 15.2. The van der Waals surface area contributed by atoms with Gasteiger partial charge in [0.15, 0.2) is 6.10 Å². The highest BCUT2D eigenvalue weighted by Crippen LogP contribution is 2.28. The van der Waals surface area contributed by atoms with Crippen molar-refractivity contribution in [1.29, 1.82) is 0 Å². The van der Waals surface area contributed by atoms with Gasteiger partial charge in [-0.1, -0.05) is 24.6 Å². The summed E-state index contributed by atoms with van der Waals surface area (Å²) in [6.07, 6.45) is 2.44. The molecule has 0 aliphatic heterocycles. The van der Waals surface area contributed by atoms with Crippen LogP contribution in [0.4, 0.5) is 0 Å². The number of carbonyl (C=O) groups is 1. The Bertz CT molecular complexity index is 488. The lowest BCUT2D eigenvalue weighted by atomic mass is 10.2. The fourth-order valence-corrected chi connectivity index (χ4v) is 2.23. The van der Waals surface area contributed by atoms with Crippen LogP contribution in [0.25, 0.3) is 0 Å². The Morgan fingerprint density at radius 3 is 2.76 bits per heavy atom. The molecule has 1 fully saturated rings. The maximum Gasteiger partial charge on any atom is 0.347 e. The maximum atomic E-state index is 11.7. The van der Waals surface area contributed by atoms with Gasteiger partial charge in [0, 0.05) is 12.6 Å². The minimum Gasteiger partial charge on any atom is -0.477 e. The summed E-state index contributed by atoms with van der Waals surface area (Å²) in [6.45, 7) is 4.81. The van der Waals surface area contributed by atoms with E-state index in [0.717, 1.165) is 12.1 Å². The molecule has 0 saturated heterocycles. The lowest BCUT2D eigenvalue weighted by molar-refractivity contribution is -0.151. The fourth-order valence-electron chi connectivity index (χ4n) is 1.99. The summed E-state index contributed by atoms with van der Waals surface area (Å²) >= 11 is 6.24. The number of hydrogen-bond donors (Lipinski definition) is 1. The fraction of sp³-hybridized carbons (Fsp3) is 0.562. The average Bonchev–Trinajstić information content (AvgIpc) is 3.28. The van der Waals surface area contributed by atoms with Crippen LogP contribution in [0.2, 0.25) is 5.02 Å². The normalized spacial score (nSPS) is 15.6. The van der Waals surface area contributed by atoms with Gasteiger partial charge in [0.05, 0.1) is 11.6 Å². The van der Waals surface area contributed by atoms with Crippen molar-refractivity contribution in [2.75, 3.05) is 6.61 Å². The van der Waals surface area contributed by atoms with Crippen molar-refractivity contribution in [3.05, 3.63) is 28.8 Å². The van der Waals surface area contributed by atoms with Gasteiger partial charge in [0.1, 0.15) is 5.75 Å². The molecule has 1 aromatic carbocycles. The topological polar surface area (TPSA) is 47.6 Å². The number of rotatable bonds is 8. The Hall–Kier alpha value is -1.26. The Labute approximate surface area is 130 Å². The van der Waals surface area contributed by atoms with E-state index in [0.29, 0.717) is 29.8 Å². The monoisotopic (exact) mass is 311 g/mol. The summed E-state index contributed by atoms with van der Waals surface area (Å²) in [6, 6.07) is 6.32. The third-order valence-electron chi connectivity index (χ3n) is 3.36. The van der Waals surface area contributed by atoms with Crippen molar-refractivity contribution in [3.8, 4) is 5.75 Å².